The van der Waals surface area contributed by atoms with Crippen LogP contribution in [-0.2, 0) is 5.75 Å². The van der Waals surface area contributed by atoms with Gasteiger partial charge in [0.05, 0.1) is 0 Å². The Kier molecular flexibility index (Phi) is 6.23. The van der Waals surface area contributed by atoms with E-state index in [-0.39, 0.29) is 13.0 Å². The first-order valence-electron chi connectivity index (χ1n) is 11.5. The van der Waals surface area contributed by atoms with Crippen LogP contribution >= 0.6 is 11.8 Å². The second kappa shape index (κ2) is 9.24. The van der Waals surface area contributed by atoms with Crippen LogP contribution in [0.25, 0.3) is 0 Å². The molecule has 3 N–H and O–H groups in total. The summed E-state index contributed by atoms with van der Waals surface area (Å²) in [7, 11) is 0. The molecule has 3 aromatic rings. The summed E-state index contributed by atoms with van der Waals surface area (Å²) in [6.07, 6.45) is -0.0289. The molecule has 0 bridgehead atoms. The Labute approximate surface area is 209 Å². The van der Waals surface area contributed by atoms with Gasteiger partial charge in [-0.3, -0.25) is 14.3 Å². The third-order valence-corrected chi connectivity index (χ3v) is 8.07. The van der Waals surface area contributed by atoms with Crippen molar-refractivity contribution in [1.82, 2.24) is 9.58 Å². The lowest BCUT2D eigenvalue weighted by Crippen LogP contribution is -2.51. The molecule has 5 rings (SSSR count). The van der Waals surface area contributed by atoms with Crippen LogP contribution in [0.2, 0.25) is 0 Å². The van der Waals surface area contributed by atoms with E-state index in [1.54, 1.807) is 17.8 Å². The molecule has 3 heterocycles. The van der Waals surface area contributed by atoms with Crippen molar-refractivity contribution in [1.29, 1.82) is 0 Å². The zero-order valence-corrected chi connectivity index (χ0v) is 20.0. The molecule has 1 saturated heterocycles. The first-order valence-corrected chi connectivity index (χ1v) is 12.5. The van der Waals surface area contributed by atoms with E-state index in [0.717, 1.165) is 33.0 Å². The predicted octanol–water partition coefficient (Wildman–Crippen LogP) is 4.47. The molecule has 0 radical (unpaired) electrons. The normalized spacial score (nSPS) is 20.8. The lowest BCUT2D eigenvalue weighted by molar-refractivity contribution is -0.0718. The maximum atomic E-state index is 15.2. The molecule has 0 saturated carbocycles. The van der Waals surface area contributed by atoms with E-state index in [1.807, 2.05) is 30.3 Å². The summed E-state index contributed by atoms with van der Waals surface area (Å²) in [4.78, 5) is 27.6. The van der Waals surface area contributed by atoms with Crippen molar-refractivity contribution >= 4 is 17.7 Å². The minimum atomic E-state index is -3.03. The fourth-order valence-corrected chi connectivity index (χ4v) is 6.33. The molecule has 0 aliphatic carbocycles. The summed E-state index contributed by atoms with van der Waals surface area (Å²) in [6.45, 7) is -0.299. The van der Waals surface area contributed by atoms with Crippen LogP contribution in [0.3, 0.4) is 0 Å². The molecule has 10 heteroatoms. The molecular weight excluding hydrogens is 491 g/mol. The molecule has 1 amide bonds. The zero-order chi connectivity index (χ0) is 25.6. The van der Waals surface area contributed by atoms with Gasteiger partial charge in [0, 0.05) is 54.3 Å². The van der Waals surface area contributed by atoms with E-state index in [0.29, 0.717) is 11.3 Å². The zero-order valence-electron chi connectivity index (χ0n) is 19.2. The van der Waals surface area contributed by atoms with Crippen LogP contribution in [0.4, 0.5) is 13.2 Å². The molecule has 188 valence electrons. The summed E-state index contributed by atoms with van der Waals surface area (Å²) in [5.74, 6) is 0.656. The molecule has 2 aliphatic rings. The summed E-state index contributed by atoms with van der Waals surface area (Å²) < 4.78 is 45.4. The number of hydrogen-bond donors (Lipinski definition) is 2. The number of nitrogen functional groups attached to an aromatic ring is 1. The van der Waals surface area contributed by atoms with Crippen molar-refractivity contribution < 1.29 is 23.1 Å². The number of fused-ring (bicyclic) bond motifs is 2. The lowest BCUT2D eigenvalue weighted by Gasteiger charge is -2.41. The molecule has 2 aliphatic heterocycles. The number of amides is 1. The van der Waals surface area contributed by atoms with Crippen molar-refractivity contribution in [2.75, 3.05) is 12.4 Å². The van der Waals surface area contributed by atoms with Crippen LogP contribution in [0, 0.1) is 5.82 Å². The summed E-state index contributed by atoms with van der Waals surface area (Å²) in [5, 5.41) is 10.3. The molecule has 0 spiro atoms. The minimum absolute atomic E-state index is 0.0369. The average Bonchev–Trinajstić information content (AvgIpc) is 2.99. The van der Waals surface area contributed by atoms with Gasteiger partial charge in [-0.2, -0.15) is 0 Å². The third-order valence-electron chi connectivity index (χ3n) is 6.94. The highest BCUT2D eigenvalue weighted by molar-refractivity contribution is 7.98. The Morgan fingerprint density at radius 2 is 1.94 bits per heavy atom. The fourth-order valence-electron chi connectivity index (χ4n) is 5.22. The van der Waals surface area contributed by atoms with E-state index in [4.69, 9.17) is 5.84 Å². The number of hydrogen-bond acceptors (Lipinski definition) is 5. The number of rotatable bonds is 3. The second-order valence-corrected chi connectivity index (χ2v) is 10.2. The van der Waals surface area contributed by atoms with E-state index in [2.05, 4.69) is 0 Å². The van der Waals surface area contributed by atoms with E-state index in [9.17, 15) is 23.5 Å². The molecule has 6 nitrogen and oxygen atoms in total. The highest BCUT2D eigenvalue weighted by Gasteiger charge is 2.44. The maximum absolute atomic E-state index is 15.2. The second-order valence-electron chi connectivity index (χ2n) is 9.17. The monoisotopic (exact) mass is 515 g/mol. The number of carbonyl (C=O) groups excluding carboxylic acids is 1. The number of thioether (sulfide) groups is 1. The van der Waals surface area contributed by atoms with Gasteiger partial charge in [-0.1, -0.05) is 30.3 Å². The molecule has 2 atom stereocenters. The first-order chi connectivity index (χ1) is 17.2. The number of alkyl halides is 2. The minimum Gasteiger partial charge on any atom is -0.502 e. The molecular formula is C26H24F3N3O3S. The molecule has 36 heavy (non-hydrogen) atoms. The van der Waals surface area contributed by atoms with Crippen molar-refractivity contribution in [2.45, 2.75) is 47.8 Å². The van der Waals surface area contributed by atoms with Crippen molar-refractivity contribution in [3.05, 3.63) is 93.2 Å². The highest BCUT2D eigenvalue weighted by atomic mass is 32.2. The van der Waals surface area contributed by atoms with Crippen LogP contribution < -0.4 is 11.3 Å². The summed E-state index contributed by atoms with van der Waals surface area (Å²) in [6, 6.07) is 12.3. The Balaban J connectivity index is 1.59. The van der Waals surface area contributed by atoms with Gasteiger partial charge >= 0.3 is 0 Å². The highest BCUT2D eigenvalue weighted by Crippen LogP contribution is 2.46. The number of nitrogens with two attached hydrogens (primary N) is 1. The topological polar surface area (TPSA) is 88.6 Å². The first kappa shape index (κ1) is 24.3. The Morgan fingerprint density at radius 3 is 2.75 bits per heavy atom. The fraction of sp³-hybridized carbons (Fsp3) is 0.308. The Bertz CT molecular complexity index is 1390. The van der Waals surface area contributed by atoms with Gasteiger partial charge in [0.2, 0.25) is 5.43 Å². The van der Waals surface area contributed by atoms with Gasteiger partial charge in [0.15, 0.2) is 11.4 Å². The molecule has 0 unspecified atom stereocenters. The predicted molar refractivity (Wildman–Crippen MR) is 130 cm³/mol. The van der Waals surface area contributed by atoms with E-state index in [1.165, 1.54) is 11.0 Å². The number of nitrogens with zero attached hydrogens (tertiary/aromatic N) is 2. The number of likely N-dealkylation sites (tertiary alicyclic amines) is 1. The number of aromatic hydroxyl groups is 1. The third kappa shape index (κ3) is 4.34. The average molecular weight is 516 g/mol. The molecule has 1 aromatic heterocycles. The van der Waals surface area contributed by atoms with Gasteiger partial charge in [0.1, 0.15) is 5.82 Å². The maximum Gasteiger partial charge on any atom is 0.276 e. The van der Waals surface area contributed by atoms with E-state index < -0.39 is 59.3 Å². The molecule has 1 fully saturated rings. The van der Waals surface area contributed by atoms with Crippen LogP contribution in [-0.4, -0.2) is 39.1 Å². The molecule has 2 aromatic carbocycles. The lowest BCUT2D eigenvalue weighted by atomic mass is 9.80. The summed E-state index contributed by atoms with van der Waals surface area (Å²) in [5.41, 5.74) is 0.754. The summed E-state index contributed by atoms with van der Waals surface area (Å²) >= 11 is 1.55. The smallest absolute Gasteiger partial charge is 0.276 e. The van der Waals surface area contributed by atoms with Gasteiger partial charge in [0.25, 0.3) is 11.8 Å². The van der Waals surface area contributed by atoms with Crippen LogP contribution in [0.15, 0.2) is 64.4 Å². The number of piperidine rings is 1. The van der Waals surface area contributed by atoms with Crippen LogP contribution in [0.5, 0.6) is 5.75 Å². The van der Waals surface area contributed by atoms with Crippen molar-refractivity contribution in [3.8, 4) is 5.75 Å². The van der Waals surface area contributed by atoms with E-state index >= 15 is 4.39 Å². The van der Waals surface area contributed by atoms with Crippen LogP contribution in [0.1, 0.15) is 52.4 Å². The quantitative estimate of drug-likeness (QED) is 0.503. The SMILES string of the molecule is Nn1ccc(=O)c(O)c1C(=O)N1CCC(F)(F)C[C@H]1C[C@@H]1c2ccccc2SCc2cccc(F)c21. The number of pyridine rings is 1. The number of carbonyl (C=O) groups is 1. The van der Waals surface area contributed by atoms with Gasteiger partial charge in [-0.05, 0) is 35.2 Å². The van der Waals surface area contributed by atoms with Gasteiger partial charge in [-0.25, -0.2) is 13.2 Å². The number of benzene rings is 2. The standard InChI is InChI=1S/C26H24F3N3O3S/c27-19-6-3-4-15-14-36-21-7-2-1-5-17(21)18(22(15)19)12-16-13-26(28,29)9-11-31(16)25(35)23-24(34)20(33)8-10-32(23)30/h1-8,10,16,18,34H,9,11-14,30H2/t16-,18-/m1/s1. The Morgan fingerprint density at radius 1 is 1.17 bits per heavy atom. The van der Waals surface area contributed by atoms with Crippen molar-refractivity contribution in [2.24, 2.45) is 0 Å². The van der Waals surface area contributed by atoms with Crippen molar-refractivity contribution in [3.63, 3.8) is 0 Å². The van der Waals surface area contributed by atoms with Gasteiger partial charge in [-0.15, -0.1) is 11.8 Å². The Hall–Kier alpha value is -3.40. The van der Waals surface area contributed by atoms with Gasteiger partial charge < -0.3 is 15.8 Å². The number of halogens is 3. The number of aromatic nitrogens is 1. The largest absolute Gasteiger partial charge is 0.502 e.